The minimum atomic E-state index is -0.248. The topological polar surface area (TPSA) is 74.8 Å². The Morgan fingerprint density at radius 2 is 1.88 bits per heavy atom. The highest BCUT2D eigenvalue weighted by molar-refractivity contribution is 14.0. The summed E-state index contributed by atoms with van der Waals surface area (Å²) in [5, 5.41) is 9.28. The van der Waals surface area contributed by atoms with Crippen molar-refractivity contribution in [1.82, 2.24) is 16.0 Å². The summed E-state index contributed by atoms with van der Waals surface area (Å²) in [4.78, 5) is 16.2. The number of hydrogen-bond donors (Lipinski definition) is 3. The third-order valence-corrected chi connectivity index (χ3v) is 3.12. The lowest BCUT2D eigenvalue weighted by atomic mass is 10.1. The number of nitrogens with one attached hydrogen (secondary N) is 3. The number of methoxy groups -OCH3 is 1. The first kappa shape index (κ1) is 23.5. The van der Waals surface area contributed by atoms with E-state index in [1.54, 1.807) is 7.11 Å². The fourth-order valence-corrected chi connectivity index (χ4v) is 2.18. The molecule has 0 saturated heterocycles. The van der Waals surface area contributed by atoms with Gasteiger partial charge in [0.2, 0.25) is 5.91 Å². The second kappa shape index (κ2) is 11.9. The predicted molar refractivity (Wildman–Crippen MR) is 114 cm³/mol. The van der Waals surface area contributed by atoms with Crippen molar-refractivity contribution in [1.29, 1.82) is 0 Å². The van der Waals surface area contributed by atoms with Crippen molar-refractivity contribution in [3.05, 3.63) is 29.8 Å². The lowest BCUT2D eigenvalue weighted by Crippen LogP contribution is -2.43. The van der Waals surface area contributed by atoms with Crippen LogP contribution in [-0.2, 0) is 11.2 Å². The number of carbonyl (C=O) groups excluding carboxylic acids is 1. The van der Waals surface area contributed by atoms with Gasteiger partial charge in [-0.3, -0.25) is 4.79 Å². The maximum atomic E-state index is 11.9. The Morgan fingerprint density at radius 1 is 1.20 bits per heavy atom. The molecular weight excluding hydrogens is 431 g/mol. The van der Waals surface area contributed by atoms with Gasteiger partial charge in [0.05, 0.1) is 7.11 Å². The molecule has 0 aliphatic rings. The summed E-state index contributed by atoms with van der Waals surface area (Å²) in [6.45, 7) is 9.38. The molecule has 0 fully saturated rings. The van der Waals surface area contributed by atoms with E-state index in [1.807, 2.05) is 52.0 Å². The van der Waals surface area contributed by atoms with Crippen molar-refractivity contribution in [2.75, 3.05) is 26.7 Å². The molecule has 1 aromatic rings. The number of guanidine groups is 1. The maximum Gasteiger partial charge on any atom is 0.242 e. The van der Waals surface area contributed by atoms with Gasteiger partial charge in [0, 0.05) is 18.6 Å². The van der Waals surface area contributed by atoms with E-state index in [2.05, 4.69) is 20.9 Å². The lowest BCUT2D eigenvalue weighted by molar-refractivity contribution is -0.121. The van der Waals surface area contributed by atoms with E-state index in [9.17, 15) is 4.79 Å². The molecule has 1 amide bonds. The van der Waals surface area contributed by atoms with Crippen LogP contribution in [-0.4, -0.2) is 44.1 Å². The standard InChI is InChI=1S/C18H30N4O2.HI/c1-6-19-17(21-13-16(23)22-18(2,3)4)20-12-11-14-9-7-8-10-15(14)24-5;/h7-10H,6,11-13H2,1-5H3,(H,22,23)(H2,19,20,21);1H. The number of hydrogen-bond acceptors (Lipinski definition) is 3. The van der Waals surface area contributed by atoms with Gasteiger partial charge in [0.15, 0.2) is 5.96 Å². The van der Waals surface area contributed by atoms with Gasteiger partial charge in [-0.05, 0) is 45.7 Å². The first-order valence-electron chi connectivity index (χ1n) is 8.31. The monoisotopic (exact) mass is 462 g/mol. The number of halogens is 1. The van der Waals surface area contributed by atoms with Crippen LogP contribution in [0.2, 0.25) is 0 Å². The number of carbonyl (C=O) groups is 1. The fourth-order valence-electron chi connectivity index (χ4n) is 2.18. The SMILES string of the molecule is CCNC(=NCC(=O)NC(C)(C)C)NCCc1ccccc1OC.I. The molecule has 0 saturated carbocycles. The van der Waals surface area contributed by atoms with Crippen LogP contribution in [0.25, 0.3) is 0 Å². The van der Waals surface area contributed by atoms with Crippen molar-refractivity contribution >= 4 is 35.8 Å². The summed E-state index contributed by atoms with van der Waals surface area (Å²) in [5.41, 5.74) is 0.885. The molecule has 0 spiro atoms. The summed E-state index contributed by atoms with van der Waals surface area (Å²) < 4.78 is 5.35. The van der Waals surface area contributed by atoms with Crippen molar-refractivity contribution in [3.63, 3.8) is 0 Å². The van der Waals surface area contributed by atoms with Crippen LogP contribution in [0.15, 0.2) is 29.3 Å². The molecule has 25 heavy (non-hydrogen) atoms. The van der Waals surface area contributed by atoms with Gasteiger partial charge in [0.1, 0.15) is 12.3 Å². The van der Waals surface area contributed by atoms with Crippen LogP contribution < -0.4 is 20.7 Å². The van der Waals surface area contributed by atoms with Crippen molar-refractivity contribution in [2.45, 2.75) is 39.7 Å². The largest absolute Gasteiger partial charge is 0.496 e. The van der Waals surface area contributed by atoms with Crippen molar-refractivity contribution in [2.24, 2.45) is 4.99 Å². The molecule has 3 N–H and O–H groups in total. The molecule has 1 rings (SSSR count). The number of amides is 1. The van der Waals surface area contributed by atoms with E-state index in [0.29, 0.717) is 12.5 Å². The van der Waals surface area contributed by atoms with E-state index < -0.39 is 0 Å². The zero-order chi connectivity index (χ0) is 18.0. The van der Waals surface area contributed by atoms with Crippen LogP contribution in [0.1, 0.15) is 33.3 Å². The number of aliphatic imine (C=N–C) groups is 1. The van der Waals surface area contributed by atoms with Gasteiger partial charge in [-0.2, -0.15) is 0 Å². The zero-order valence-corrected chi connectivity index (χ0v) is 18.1. The minimum Gasteiger partial charge on any atom is -0.496 e. The molecule has 0 heterocycles. The fraction of sp³-hybridized carbons (Fsp3) is 0.556. The average molecular weight is 462 g/mol. The van der Waals surface area contributed by atoms with E-state index in [-0.39, 0.29) is 42.0 Å². The average Bonchev–Trinajstić information content (AvgIpc) is 2.51. The summed E-state index contributed by atoms with van der Waals surface area (Å²) in [7, 11) is 1.67. The van der Waals surface area contributed by atoms with Gasteiger partial charge in [0.25, 0.3) is 0 Å². The van der Waals surface area contributed by atoms with Crippen molar-refractivity contribution < 1.29 is 9.53 Å². The second-order valence-corrected chi connectivity index (χ2v) is 6.48. The molecule has 6 nitrogen and oxygen atoms in total. The molecule has 0 unspecified atom stereocenters. The number of rotatable bonds is 7. The first-order valence-corrected chi connectivity index (χ1v) is 8.31. The molecule has 1 aromatic carbocycles. The second-order valence-electron chi connectivity index (χ2n) is 6.48. The van der Waals surface area contributed by atoms with Gasteiger partial charge >= 0.3 is 0 Å². The molecule has 142 valence electrons. The van der Waals surface area contributed by atoms with Gasteiger partial charge in [-0.25, -0.2) is 4.99 Å². The number of para-hydroxylation sites is 1. The summed E-state index contributed by atoms with van der Waals surface area (Å²) >= 11 is 0. The summed E-state index contributed by atoms with van der Waals surface area (Å²) in [6, 6.07) is 7.94. The van der Waals surface area contributed by atoms with Crippen LogP contribution in [0.3, 0.4) is 0 Å². The van der Waals surface area contributed by atoms with Gasteiger partial charge in [-0.15, -0.1) is 24.0 Å². The summed E-state index contributed by atoms with van der Waals surface area (Å²) in [6.07, 6.45) is 0.808. The maximum absolute atomic E-state index is 11.9. The highest BCUT2D eigenvalue weighted by Crippen LogP contribution is 2.17. The Hall–Kier alpha value is -1.51. The Bertz CT molecular complexity index is 556. The van der Waals surface area contributed by atoms with E-state index in [4.69, 9.17) is 4.74 Å². The highest BCUT2D eigenvalue weighted by Gasteiger charge is 2.13. The molecule has 0 aliphatic heterocycles. The van der Waals surface area contributed by atoms with Crippen LogP contribution in [0.4, 0.5) is 0 Å². The molecule has 0 atom stereocenters. The van der Waals surface area contributed by atoms with E-state index >= 15 is 0 Å². The number of benzene rings is 1. The van der Waals surface area contributed by atoms with E-state index in [0.717, 1.165) is 24.3 Å². The van der Waals surface area contributed by atoms with Gasteiger partial charge < -0.3 is 20.7 Å². The lowest BCUT2D eigenvalue weighted by Gasteiger charge is -2.20. The summed E-state index contributed by atoms with van der Waals surface area (Å²) in [5.74, 6) is 1.42. The van der Waals surface area contributed by atoms with Crippen LogP contribution in [0, 0.1) is 0 Å². The molecule has 0 bridgehead atoms. The molecule has 7 heteroatoms. The van der Waals surface area contributed by atoms with Crippen molar-refractivity contribution in [3.8, 4) is 5.75 Å². The first-order chi connectivity index (χ1) is 11.4. The molecular formula is C18H31IN4O2. The van der Waals surface area contributed by atoms with E-state index in [1.165, 1.54) is 0 Å². The van der Waals surface area contributed by atoms with Gasteiger partial charge in [-0.1, -0.05) is 18.2 Å². The number of ether oxygens (including phenoxy) is 1. The van der Waals surface area contributed by atoms with Crippen LogP contribution in [0.5, 0.6) is 5.75 Å². The third-order valence-electron chi connectivity index (χ3n) is 3.12. The minimum absolute atomic E-state index is 0. The Morgan fingerprint density at radius 3 is 2.48 bits per heavy atom. The highest BCUT2D eigenvalue weighted by atomic mass is 127. The normalized spacial score (nSPS) is 11.3. The predicted octanol–water partition coefficient (Wildman–Crippen LogP) is 2.33. The molecule has 0 aromatic heterocycles. The Balaban J connectivity index is 0.00000576. The zero-order valence-electron chi connectivity index (χ0n) is 15.8. The molecule has 0 aliphatic carbocycles. The molecule has 0 radical (unpaired) electrons. The third kappa shape index (κ3) is 10.2. The Labute approximate surface area is 168 Å². The quantitative estimate of drug-likeness (QED) is 0.331. The smallest absolute Gasteiger partial charge is 0.242 e. The Kier molecular flexibility index (Phi) is 11.2. The number of nitrogens with zero attached hydrogens (tertiary/aromatic N) is 1. The van der Waals surface area contributed by atoms with Crippen LogP contribution >= 0.6 is 24.0 Å².